The minimum Gasteiger partial charge on any atom is -0.371 e. The van der Waals surface area contributed by atoms with Gasteiger partial charge in [0.05, 0.1) is 0 Å². The average molecular weight is 351 g/mol. The Balaban J connectivity index is 1.32. The van der Waals surface area contributed by atoms with Crippen molar-refractivity contribution >= 4 is 16.6 Å². The van der Waals surface area contributed by atoms with Crippen molar-refractivity contribution in [3.05, 3.63) is 66.1 Å². The Labute approximate surface area is 154 Å². The van der Waals surface area contributed by atoms with Gasteiger partial charge in [-0.25, -0.2) is 4.39 Å². The highest BCUT2D eigenvalue weighted by atomic mass is 19.1. The number of halogens is 1. The second-order valence-corrected chi connectivity index (χ2v) is 7.03. The minimum atomic E-state index is -0.0988. The molecule has 0 amide bonds. The molecule has 4 heteroatoms. The first-order valence-corrected chi connectivity index (χ1v) is 9.60. The Morgan fingerprint density at radius 1 is 0.962 bits per heavy atom. The molecule has 0 unspecified atom stereocenters. The van der Waals surface area contributed by atoms with Gasteiger partial charge < -0.3 is 14.8 Å². The van der Waals surface area contributed by atoms with Crippen LogP contribution in [0.4, 0.5) is 10.1 Å². The lowest BCUT2D eigenvalue weighted by molar-refractivity contribution is 0.563. The monoisotopic (exact) mass is 351 g/mol. The zero-order valence-electron chi connectivity index (χ0n) is 15.1. The Morgan fingerprint density at radius 2 is 1.81 bits per heavy atom. The van der Waals surface area contributed by atoms with Crippen molar-refractivity contribution in [2.24, 2.45) is 0 Å². The second-order valence-electron chi connectivity index (χ2n) is 7.03. The zero-order valence-corrected chi connectivity index (χ0v) is 15.1. The lowest BCUT2D eigenvalue weighted by Crippen LogP contribution is -2.23. The van der Waals surface area contributed by atoms with E-state index in [0.29, 0.717) is 6.54 Å². The van der Waals surface area contributed by atoms with Crippen LogP contribution >= 0.6 is 0 Å². The average Bonchev–Trinajstić information content (AvgIpc) is 3.33. The highest BCUT2D eigenvalue weighted by Crippen LogP contribution is 2.26. The number of fused-ring (bicyclic) bond motifs is 1. The molecule has 3 aromatic rings. The number of hydrogen-bond donors (Lipinski definition) is 1. The van der Waals surface area contributed by atoms with E-state index < -0.39 is 0 Å². The molecule has 1 aliphatic rings. The Kier molecular flexibility index (Phi) is 5.21. The minimum absolute atomic E-state index is 0.0988. The molecule has 0 saturated carbocycles. The molecule has 3 nitrogen and oxygen atoms in total. The molecule has 2 heterocycles. The fourth-order valence-corrected chi connectivity index (χ4v) is 3.90. The third kappa shape index (κ3) is 3.61. The lowest BCUT2D eigenvalue weighted by atomic mass is 10.1. The van der Waals surface area contributed by atoms with Crippen molar-refractivity contribution in [3.63, 3.8) is 0 Å². The van der Waals surface area contributed by atoms with Crippen molar-refractivity contribution in [2.45, 2.75) is 32.4 Å². The van der Waals surface area contributed by atoms with Crippen LogP contribution in [-0.2, 0) is 13.1 Å². The fourth-order valence-electron chi connectivity index (χ4n) is 3.90. The molecule has 0 radical (unpaired) electrons. The summed E-state index contributed by atoms with van der Waals surface area (Å²) in [5, 5.41) is 4.72. The highest BCUT2D eigenvalue weighted by molar-refractivity contribution is 5.79. The van der Waals surface area contributed by atoms with Crippen LogP contribution in [0.2, 0.25) is 0 Å². The Bertz CT molecular complexity index is 865. The first kappa shape index (κ1) is 17.1. The summed E-state index contributed by atoms with van der Waals surface area (Å²) in [6.07, 6.45) is 5.57. The predicted octanol–water partition coefficient (Wildman–Crippen LogP) is 4.56. The van der Waals surface area contributed by atoms with Crippen molar-refractivity contribution in [3.8, 4) is 0 Å². The van der Waals surface area contributed by atoms with Crippen LogP contribution in [-0.4, -0.2) is 24.2 Å². The maximum absolute atomic E-state index is 14.3. The summed E-state index contributed by atoms with van der Waals surface area (Å²) in [5.41, 5.74) is 3.14. The number of nitrogens with zero attached hydrogens (tertiary/aromatic N) is 2. The van der Waals surface area contributed by atoms with Crippen LogP contribution < -0.4 is 10.2 Å². The van der Waals surface area contributed by atoms with Gasteiger partial charge in [0.15, 0.2) is 0 Å². The number of benzene rings is 2. The molecule has 4 rings (SSSR count). The topological polar surface area (TPSA) is 20.2 Å². The summed E-state index contributed by atoms with van der Waals surface area (Å²) >= 11 is 0. The summed E-state index contributed by atoms with van der Waals surface area (Å²) in [4.78, 5) is 2.31. The summed E-state index contributed by atoms with van der Waals surface area (Å²) in [6.45, 7) is 4.51. The maximum atomic E-state index is 14.3. The summed E-state index contributed by atoms with van der Waals surface area (Å²) in [6, 6.07) is 16.1. The number of para-hydroxylation sites is 1. The number of aryl methyl sites for hydroxylation is 1. The molecule has 136 valence electrons. The molecule has 0 spiro atoms. The largest absolute Gasteiger partial charge is 0.371 e. The molecular weight excluding hydrogens is 325 g/mol. The normalized spacial score (nSPS) is 14.4. The molecule has 1 N–H and O–H groups in total. The van der Waals surface area contributed by atoms with Gasteiger partial charge in [0.2, 0.25) is 0 Å². The van der Waals surface area contributed by atoms with Crippen LogP contribution in [0.5, 0.6) is 0 Å². The number of hydrogen-bond acceptors (Lipinski definition) is 2. The van der Waals surface area contributed by atoms with Gasteiger partial charge >= 0.3 is 0 Å². The van der Waals surface area contributed by atoms with E-state index >= 15 is 0 Å². The van der Waals surface area contributed by atoms with Gasteiger partial charge in [-0.1, -0.05) is 24.3 Å². The van der Waals surface area contributed by atoms with E-state index in [4.69, 9.17) is 0 Å². The molecule has 0 aliphatic carbocycles. The summed E-state index contributed by atoms with van der Waals surface area (Å²) in [7, 11) is 0. The van der Waals surface area contributed by atoms with Gasteiger partial charge in [0.1, 0.15) is 5.82 Å². The van der Waals surface area contributed by atoms with Crippen LogP contribution in [0.15, 0.2) is 54.7 Å². The van der Waals surface area contributed by atoms with Gasteiger partial charge in [-0.2, -0.15) is 0 Å². The number of aromatic nitrogens is 1. The molecule has 1 saturated heterocycles. The third-order valence-corrected chi connectivity index (χ3v) is 5.28. The van der Waals surface area contributed by atoms with Crippen molar-refractivity contribution in [2.75, 3.05) is 24.5 Å². The van der Waals surface area contributed by atoms with Gasteiger partial charge in [-0.05, 0) is 55.5 Å². The van der Waals surface area contributed by atoms with E-state index in [1.165, 1.54) is 23.7 Å². The quantitative estimate of drug-likeness (QED) is 0.630. The molecule has 0 bridgehead atoms. The molecule has 2 aromatic carbocycles. The number of nitrogens with one attached hydrogen (secondary N) is 1. The van der Waals surface area contributed by atoms with E-state index in [2.05, 4.69) is 57.4 Å². The summed E-state index contributed by atoms with van der Waals surface area (Å²) < 4.78 is 16.6. The van der Waals surface area contributed by atoms with Gasteiger partial charge in [0.25, 0.3) is 0 Å². The van der Waals surface area contributed by atoms with E-state index in [1.54, 1.807) is 6.07 Å². The standard InChI is InChI=1S/C22H26FN3/c23-20-8-5-10-22(25-13-3-4-14-25)19(20)17-24-12-6-15-26-16-11-18-7-1-2-9-21(18)26/h1-2,5,7-11,16,24H,3-4,6,12-15,17H2. The molecular formula is C22H26FN3. The first-order chi connectivity index (χ1) is 12.8. The van der Waals surface area contributed by atoms with Crippen LogP contribution in [0, 0.1) is 5.82 Å². The van der Waals surface area contributed by atoms with Gasteiger partial charge in [-0.15, -0.1) is 0 Å². The number of anilines is 1. The predicted molar refractivity (Wildman–Crippen MR) is 106 cm³/mol. The smallest absolute Gasteiger partial charge is 0.129 e. The SMILES string of the molecule is Fc1cccc(N2CCCC2)c1CNCCCn1ccc2ccccc21. The van der Waals surface area contributed by atoms with Crippen molar-refractivity contribution < 1.29 is 4.39 Å². The van der Waals surface area contributed by atoms with E-state index in [0.717, 1.165) is 43.9 Å². The molecule has 1 aliphatic heterocycles. The molecule has 1 fully saturated rings. The van der Waals surface area contributed by atoms with E-state index in [1.807, 2.05) is 6.07 Å². The highest BCUT2D eigenvalue weighted by Gasteiger charge is 2.17. The maximum Gasteiger partial charge on any atom is 0.129 e. The van der Waals surface area contributed by atoms with Gasteiger partial charge in [0, 0.05) is 49.1 Å². The fraction of sp³-hybridized carbons (Fsp3) is 0.364. The van der Waals surface area contributed by atoms with Crippen molar-refractivity contribution in [1.82, 2.24) is 9.88 Å². The van der Waals surface area contributed by atoms with E-state index in [-0.39, 0.29) is 5.82 Å². The van der Waals surface area contributed by atoms with Crippen LogP contribution in [0.25, 0.3) is 10.9 Å². The third-order valence-electron chi connectivity index (χ3n) is 5.28. The Hall–Kier alpha value is -2.33. The second kappa shape index (κ2) is 7.92. The van der Waals surface area contributed by atoms with Crippen molar-refractivity contribution in [1.29, 1.82) is 0 Å². The number of rotatable bonds is 7. The molecule has 1 aromatic heterocycles. The zero-order chi connectivity index (χ0) is 17.8. The lowest BCUT2D eigenvalue weighted by Gasteiger charge is -2.22. The van der Waals surface area contributed by atoms with Crippen LogP contribution in [0.3, 0.4) is 0 Å². The first-order valence-electron chi connectivity index (χ1n) is 9.60. The van der Waals surface area contributed by atoms with E-state index in [9.17, 15) is 4.39 Å². The molecule has 0 atom stereocenters. The van der Waals surface area contributed by atoms with Gasteiger partial charge in [-0.3, -0.25) is 0 Å². The molecule has 26 heavy (non-hydrogen) atoms. The van der Waals surface area contributed by atoms with Crippen LogP contribution in [0.1, 0.15) is 24.8 Å². The summed E-state index contributed by atoms with van der Waals surface area (Å²) in [5.74, 6) is -0.0988. The Morgan fingerprint density at radius 3 is 2.69 bits per heavy atom.